The molecule has 0 spiro atoms. The van der Waals surface area contributed by atoms with E-state index in [-0.39, 0.29) is 0 Å². The van der Waals surface area contributed by atoms with Gasteiger partial charge in [0.15, 0.2) is 0 Å². The minimum Gasteiger partial charge on any atom is -0.508 e. The van der Waals surface area contributed by atoms with Gasteiger partial charge in [0.1, 0.15) is 13.6 Å². The Morgan fingerprint density at radius 1 is 0.540 bits per heavy atom. The predicted octanol–water partition coefficient (Wildman–Crippen LogP) is 11.5. The number of fused-ring (bicyclic) bond motifs is 4. The van der Waals surface area contributed by atoms with Gasteiger partial charge in [-0.15, -0.1) is 0 Å². The van der Waals surface area contributed by atoms with Gasteiger partial charge in [-0.1, -0.05) is 90.5 Å². The number of hydrogen-bond donors (Lipinski definition) is 1. The Morgan fingerprint density at radius 2 is 1.14 bits per heavy atom. The Bertz CT molecular complexity index is 2550. The monoisotopic (exact) mass is 648 g/mol. The second-order valence-electron chi connectivity index (χ2n) is 14.8. The molecule has 1 aliphatic carbocycles. The third-order valence-corrected chi connectivity index (χ3v) is 12.3. The minimum absolute atomic E-state index is 0.388. The van der Waals surface area contributed by atoms with E-state index in [2.05, 4.69) is 148 Å². The summed E-state index contributed by atoms with van der Waals surface area (Å²) >= 11 is 0. The topological polar surface area (TPSA) is 20.2 Å². The van der Waals surface area contributed by atoms with Gasteiger partial charge in [0.05, 0.1) is 0 Å². The Hall–Kier alpha value is -5.08. The zero-order valence-electron chi connectivity index (χ0n) is 30.9. The van der Waals surface area contributed by atoms with Gasteiger partial charge in [-0.25, -0.2) is 0 Å². The number of aryl methyl sites for hydroxylation is 6. The Kier molecular flexibility index (Phi) is 7.57. The number of rotatable bonds is 3. The molecule has 7 aromatic rings. The average molecular weight is 649 g/mol. The van der Waals surface area contributed by atoms with E-state index in [4.69, 9.17) is 0 Å². The molecule has 1 N–H and O–H groups in total. The van der Waals surface area contributed by atoms with Crippen molar-refractivity contribution < 1.29 is 5.11 Å². The largest absolute Gasteiger partial charge is 0.508 e. The highest BCUT2D eigenvalue weighted by Crippen LogP contribution is 2.52. The molecule has 0 aromatic heterocycles. The van der Waals surface area contributed by atoms with Crippen LogP contribution < -0.4 is 5.46 Å². The Labute approximate surface area is 297 Å². The number of phenols is 1. The summed E-state index contributed by atoms with van der Waals surface area (Å²) in [6, 6.07) is 27.4. The highest BCUT2D eigenvalue weighted by atomic mass is 16.3. The highest BCUT2D eigenvalue weighted by Gasteiger charge is 2.27. The van der Waals surface area contributed by atoms with Crippen LogP contribution in [0, 0.1) is 55.4 Å². The third-order valence-electron chi connectivity index (χ3n) is 12.3. The van der Waals surface area contributed by atoms with E-state index in [9.17, 15) is 5.11 Å². The first kappa shape index (κ1) is 32.1. The van der Waals surface area contributed by atoms with E-state index >= 15 is 0 Å². The van der Waals surface area contributed by atoms with Crippen LogP contribution in [0.5, 0.6) is 5.75 Å². The van der Waals surface area contributed by atoms with E-state index in [1.54, 1.807) is 0 Å². The van der Waals surface area contributed by atoms with E-state index in [1.165, 1.54) is 93.9 Å². The van der Waals surface area contributed by atoms with Crippen LogP contribution in [0.4, 0.5) is 0 Å². The first-order valence-corrected chi connectivity index (χ1v) is 18.1. The van der Waals surface area contributed by atoms with Crippen molar-refractivity contribution in [3.8, 4) is 39.1 Å². The second kappa shape index (κ2) is 11.8. The van der Waals surface area contributed by atoms with Gasteiger partial charge in [0, 0.05) is 10.9 Å². The van der Waals surface area contributed by atoms with Gasteiger partial charge in [0.2, 0.25) is 0 Å². The minimum atomic E-state index is 0.388. The number of benzene rings is 7. The molecule has 0 bridgehead atoms. The fourth-order valence-corrected chi connectivity index (χ4v) is 8.72. The molecule has 1 nitrogen and oxygen atoms in total. The second-order valence-corrected chi connectivity index (χ2v) is 14.8. The third kappa shape index (κ3) is 4.61. The molecule has 50 heavy (non-hydrogen) atoms. The summed E-state index contributed by atoms with van der Waals surface area (Å²) < 4.78 is 0. The lowest BCUT2D eigenvalue weighted by atomic mass is 9.75. The first-order valence-electron chi connectivity index (χ1n) is 18.1. The molecule has 7 aromatic carbocycles. The summed E-state index contributed by atoms with van der Waals surface area (Å²) in [5.74, 6) is 0.388. The maximum atomic E-state index is 12.3. The van der Waals surface area contributed by atoms with Crippen LogP contribution in [0.1, 0.15) is 62.1 Å². The van der Waals surface area contributed by atoms with Gasteiger partial charge < -0.3 is 5.11 Å². The fraction of sp³-hybridized carbons (Fsp3) is 0.208. The molecule has 8 rings (SSSR count). The summed E-state index contributed by atoms with van der Waals surface area (Å²) in [6.45, 7) is 17.9. The van der Waals surface area contributed by atoms with Crippen molar-refractivity contribution in [3.05, 3.63) is 135 Å². The summed E-state index contributed by atoms with van der Waals surface area (Å²) in [5, 5.41) is 19.5. The van der Waals surface area contributed by atoms with Crippen LogP contribution >= 0.6 is 0 Å². The van der Waals surface area contributed by atoms with Gasteiger partial charge in [-0.05, 0) is 179 Å². The van der Waals surface area contributed by atoms with E-state index in [0.717, 1.165) is 45.8 Å². The van der Waals surface area contributed by atoms with Crippen LogP contribution in [0.3, 0.4) is 0 Å². The van der Waals surface area contributed by atoms with Crippen LogP contribution in [-0.4, -0.2) is 13.0 Å². The zero-order valence-corrected chi connectivity index (χ0v) is 30.9. The number of aromatic hydroxyl groups is 1. The van der Waals surface area contributed by atoms with Crippen molar-refractivity contribution in [2.24, 2.45) is 0 Å². The average Bonchev–Trinajstić information content (AvgIpc) is 3.13. The smallest absolute Gasteiger partial charge is 0.144 e. The number of allylic oxidation sites excluding steroid dienone is 1. The quantitative estimate of drug-likeness (QED) is 0.149. The van der Waals surface area contributed by atoms with Crippen molar-refractivity contribution in [1.82, 2.24) is 0 Å². The summed E-state index contributed by atoms with van der Waals surface area (Å²) in [7, 11) is 2.07. The van der Waals surface area contributed by atoms with Gasteiger partial charge in [-0.3, -0.25) is 0 Å². The molecule has 246 valence electrons. The van der Waals surface area contributed by atoms with Crippen molar-refractivity contribution in [1.29, 1.82) is 0 Å². The SMILES string of the molecule is Bc1c(C)c(C)c2c(-c3cccc4c(-c5ccc6c(c5)CCC=C6)cccc34)c3c(C)c(C)c(C)c(C)c3c(-c3ccc(C)c(C)c3)c2c1O. The molecule has 2 heteroatoms. The number of phenolic OH excluding ortho intramolecular Hbond substituents is 1. The van der Waals surface area contributed by atoms with Crippen molar-refractivity contribution in [2.75, 3.05) is 0 Å². The number of hydrogen-bond acceptors (Lipinski definition) is 1. The maximum Gasteiger partial charge on any atom is 0.144 e. The van der Waals surface area contributed by atoms with Crippen LogP contribution in [0.2, 0.25) is 0 Å². The van der Waals surface area contributed by atoms with Crippen molar-refractivity contribution in [3.63, 3.8) is 0 Å². The van der Waals surface area contributed by atoms with E-state index in [1.807, 2.05) is 0 Å². The van der Waals surface area contributed by atoms with Crippen molar-refractivity contribution >= 4 is 51.7 Å². The summed E-state index contributed by atoms with van der Waals surface area (Å²) in [5.41, 5.74) is 21.1. The van der Waals surface area contributed by atoms with Gasteiger partial charge in [0.25, 0.3) is 0 Å². The van der Waals surface area contributed by atoms with E-state index in [0.29, 0.717) is 5.75 Å². The van der Waals surface area contributed by atoms with Crippen LogP contribution in [0.15, 0.2) is 78.9 Å². The molecular formula is C48H45BO. The zero-order chi connectivity index (χ0) is 35.2. The summed E-state index contributed by atoms with van der Waals surface area (Å²) in [4.78, 5) is 0. The predicted molar refractivity (Wildman–Crippen MR) is 220 cm³/mol. The molecule has 0 atom stereocenters. The molecule has 0 unspecified atom stereocenters. The van der Waals surface area contributed by atoms with Crippen LogP contribution in [-0.2, 0) is 6.42 Å². The van der Waals surface area contributed by atoms with Crippen molar-refractivity contribution in [2.45, 2.75) is 68.2 Å². The Morgan fingerprint density at radius 3 is 1.84 bits per heavy atom. The lowest BCUT2D eigenvalue weighted by molar-refractivity contribution is 0.485. The highest BCUT2D eigenvalue weighted by molar-refractivity contribution is 6.39. The molecule has 0 saturated carbocycles. The molecule has 0 saturated heterocycles. The molecule has 0 heterocycles. The maximum absolute atomic E-state index is 12.3. The van der Waals surface area contributed by atoms with Gasteiger partial charge in [-0.2, -0.15) is 0 Å². The first-order chi connectivity index (χ1) is 24.0. The Balaban J connectivity index is 1.59. The molecule has 0 amide bonds. The van der Waals surface area contributed by atoms with Crippen LogP contribution in [0.25, 0.3) is 71.8 Å². The van der Waals surface area contributed by atoms with E-state index < -0.39 is 0 Å². The molecule has 0 aliphatic heterocycles. The standard InChI is InChI=1S/C48H45BO/c1-25-19-20-36(23-26(25)2)44-41-29(5)27(3)28(4)30(6)42(41)45(43-31(7)32(8)47(49)48(50)46(43)44)40-18-12-16-38-37(15-11-17-39(38)40)35-22-21-33-13-9-10-14-34(33)24-35/h9,11-13,15-24,50H,10,14,49H2,1-8H3. The molecule has 0 radical (unpaired) electrons. The molecular weight excluding hydrogens is 603 g/mol. The molecule has 1 aliphatic rings. The lowest BCUT2D eigenvalue weighted by Gasteiger charge is -2.27. The molecule has 0 fully saturated rings. The van der Waals surface area contributed by atoms with Gasteiger partial charge >= 0.3 is 0 Å². The normalized spacial score (nSPS) is 12.7. The fourth-order valence-electron chi connectivity index (χ4n) is 8.72. The lowest BCUT2D eigenvalue weighted by Crippen LogP contribution is -2.12. The summed E-state index contributed by atoms with van der Waals surface area (Å²) in [6.07, 6.45) is 6.72.